The first-order valence-electron chi connectivity index (χ1n) is 5.27. The van der Waals surface area contributed by atoms with Crippen molar-refractivity contribution in [3.05, 3.63) is 23.3 Å². The van der Waals surface area contributed by atoms with Crippen LogP contribution in [0.5, 0.6) is 0 Å². The van der Waals surface area contributed by atoms with Crippen molar-refractivity contribution in [3.8, 4) is 0 Å². The van der Waals surface area contributed by atoms with Crippen LogP contribution >= 0.6 is 0 Å². The molecule has 1 aliphatic rings. The molecule has 0 radical (unpaired) electrons. The molecular weight excluding hydrogens is 244 g/mol. The van der Waals surface area contributed by atoms with Gasteiger partial charge in [0.25, 0.3) is 0 Å². The Labute approximate surface area is 101 Å². The molecule has 1 atom stereocenters. The van der Waals surface area contributed by atoms with Crippen molar-refractivity contribution in [2.45, 2.75) is 32.3 Å². The Morgan fingerprint density at radius 1 is 1.41 bits per heavy atom. The Hall–Kier alpha value is -1.40. The first-order chi connectivity index (χ1) is 7.97. The maximum absolute atomic E-state index is 10.9. The molecule has 1 aliphatic carbocycles. The van der Waals surface area contributed by atoms with Gasteiger partial charge in [-0.3, -0.25) is 0 Å². The number of aliphatic hydroxyl groups excluding tert-OH is 1. The molecule has 0 bridgehead atoms. The number of aliphatic carboxylic acids is 1. The largest absolute Gasteiger partial charge is 0.478 e. The molecule has 0 fully saturated rings. The zero-order chi connectivity index (χ0) is 13.0. The van der Waals surface area contributed by atoms with Gasteiger partial charge < -0.3 is 10.2 Å². The standard InChI is InChI=1S/C11H14O5S/c1-2-3-4-7-5-8(11(13)14)10(12)9(6-7)17(15)16/h5-6,10,12H,2-4H2,1H3,(H,13,14). The lowest BCUT2D eigenvalue weighted by Crippen LogP contribution is -2.29. The van der Waals surface area contributed by atoms with E-state index in [1.165, 1.54) is 12.2 Å². The van der Waals surface area contributed by atoms with Crippen LogP contribution in [0.2, 0.25) is 0 Å². The summed E-state index contributed by atoms with van der Waals surface area (Å²) in [7, 11) is -2.61. The second kappa shape index (κ2) is 5.79. The fourth-order valence-electron chi connectivity index (χ4n) is 1.58. The topological polar surface area (TPSA) is 91.7 Å². The maximum atomic E-state index is 10.9. The highest BCUT2D eigenvalue weighted by Crippen LogP contribution is 2.20. The summed E-state index contributed by atoms with van der Waals surface area (Å²) in [4.78, 5) is 10.6. The van der Waals surface area contributed by atoms with E-state index in [9.17, 15) is 18.3 Å². The van der Waals surface area contributed by atoms with Crippen molar-refractivity contribution < 1.29 is 23.4 Å². The minimum absolute atomic E-state index is 0.281. The normalized spacial score (nSPS) is 19.6. The predicted molar refractivity (Wildman–Crippen MR) is 63.3 cm³/mol. The minimum atomic E-state index is -2.61. The number of allylic oxidation sites excluding steroid dienone is 2. The van der Waals surface area contributed by atoms with Crippen LogP contribution in [-0.2, 0) is 15.1 Å². The summed E-state index contributed by atoms with van der Waals surface area (Å²) in [5.74, 6) is -1.30. The average molecular weight is 258 g/mol. The van der Waals surface area contributed by atoms with Crippen molar-refractivity contribution in [2.24, 2.45) is 0 Å². The Balaban J connectivity index is 3.18. The first-order valence-corrected chi connectivity index (χ1v) is 6.34. The molecule has 6 heteroatoms. The second-order valence-electron chi connectivity index (χ2n) is 3.77. The lowest BCUT2D eigenvalue weighted by Gasteiger charge is -2.16. The Morgan fingerprint density at radius 2 is 2.06 bits per heavy atom. The van der Waals surface area contributed by atoms with Gasteiger partial charge in [-0.15, -0.1) is 0 Å². The summed E-state index contributed by atoms with van der Waals surface area (Å²) in [5.41, 5.74) is 0.326. The molecule has 17 heavy (non-hydrogen) atoms. The zero-order valence-corrected chi connectivity index (χ0v) is 10.2. The van der Waals surface area contributed by atoms with Crippen LogP contribution in [0.1, 0.15) is 26.2 Å². The van der Waals surface area contributed by atoms with E-state index >= 15 is 0 Å². The van der Waals surface area contributed by atoms with E-state index in [1.54, 1.807) is 0 Å². The predicted octanol–water partition coefficient (Wildman–Crippen LogP) is 0.540. The molecule has 0 aliphatic heterocycles. The van der Waals surface area contributed by atoms with Crippen molar-refractivity contribution >= 4 is 21.1 Å². The minimum Gasteiger partial charge on any atom is -0.478 e. The Morgan fingerprint density at radius 3 is 2.53 bits per heavy atom. The number of hydrogen-bond acceptors (Lipinski definition) is 4. The van der Waals surface area contributed by atoms with Crippen LogP contribution in [0.3, 0.4) is 0 Å². The van der Waals surface area contributed by atoms with Gasteiger partial charge in [-0.2, -0.15) is 8.42 Å². The molecule has 0 saturated heterocycles. The van der Waals surface area contributed by atoms with Crippen molar-refractivity contribution in [1.82, 2.24) is 0 Å². The third-order valence-corrected chi connectivity index (χ3v) is 3.22. The number of hydrogen-bond donors (Lipinski definition) is 2. The summed E-state index contributed by atoms with van der Waals surface area (Å²) >= 11 is 0. The van der Waals surface area contributed by atoms with E-state index in [0.717, 1.165) is 12.8 Å². The SMILES string of the molecule is CCCCC1=CC(=S(=O)=O)C(O)C(C(=O)O)=C1. The number of carbonyl (C=O) groups is 1. The molecule has 0 amide bonds. The summed E-state index contributed by atoms with van der Waals surface area (Å²) in [5, 5.41) is 18.5. The molecule has 1 unspecified atom stereocenters. The third kappa shape index (κ3) is 3.28. The highest BCUT2D eigenvalue weighted by Gasteiger charge is 2.27. The van der Waals surface area contributed by atoms with Crippen LogP contribution in [0.15, 0.2) is 23.3 Å². The van der Waals surface area contributed by atoms with E-state index in [-0.39, 0.29) is 10.4 Å². The van der Waals surface area contributed by atoms with Crippen LogP contribution in [-0.4, -0.2) is 35.6 Å². The smallest absolute Gasteiger partial charge is 0.334 e. The van der Waals surface area contributed by atoms with E-state index < -0.39 is 22.4 Å². The van der Waals surface area contributed by atoms with Gasteiger partial charge >= 0.3 is 5.97 Å². The van der Waals surface area contributed by atoms with Crippen molar-refractivity contribution in [2.75, 3.05) is 0 Å². The lowest BCUT2D eigenvalue weighted by molar-refractivity contribution is -0.133. The van der Waals surface area contributed by atoms with Crippen molar-refractivity contribution in [1.29, 1.82) is 0 Å². The quantitative estimate of drug-likeness (QED) is 0.718. The van der Waals surface area contributed by atoms with E-state index in [0.29, 0.717) is 12.0 Å². The summed E-state index contributed by atoms with van der Waals surface area (Å²) in [6.45, 7) is 1.98. The van der Waals surface area contributed by atoms with Gasteiger partial charge in [0, 0.05) is 0 Å². The molecule has 5 nitrogen and oxygen atoms in total. The van der Waals surface area contributed by atoms with E-state index in [2.05, 4.69) is 0 Å². The molecular formula is C11H14O5S. The van der Waals surface area contributed by atoms with E-state index in [4.69, 9.17) is 5.11 Å². The monoisotopic (exact) mass is 258 g/mol. The van der Waals surface area contributed by atoms with Crippen LogP contribution in [0.4, 0.5) is 0 Å². The van der Waals surface area contributed by atoms with Gasteiger partial charge in [0.15, 0.2) is 0 Å². The molecule has 2 N–H and O–H groups in total. The summed E-state index contributed by atoms with van der Waals surface area (Å²) < 4.78 is 21.8. The fourth-order valence-corrected chi connectivity index (χ4v) is 2.14. The molecule has 0 aromatic heterocycles. The van der Waals surface area contributed by atoms with Gasteiger partial charge in [-0.25, -0.2) is 4.79 Å². The summed E-state index contributed by atoms with van der Waals surface area (Å²) in [6, 6.07) is 0. The highest BCUT2D eigenvalue weighted by atomic mass is 32.2. The van der Waals surface area contributed by atoms with Gasteiger partial charge in [-0.05, 0) is 30.6 Å². The number of unbranched alkanes of at least 4 members (excludes halogenated alkanes) is 1. The molecule has 94 valence electrons. The molecule has 0 spiro atoms. The van der Waals surface area contributed by atoms with Gasteiger partial charge in [0.2, 0.25) is 10.3 Å². The number of carboxylic acids is 1. The van der Waals surface area contributed by atoms with Crippen molar-refractivity contribution in [3.63, 3.8) is 0 Å². The second-order valence-corrected chi connectivity index (χ2v) is 4.71. The van der Waals surface area contributed by atoms with Crippen LogP contribution in [0.25, 0.3) is 0 Å². The van der Waals surface area contributed by atoms with Crippen LogP contribution in [0, 0.1) is 0 Å². The van der Waals surface area contributed by atoms with E-state index in [1.807, 2.05) is 6.92 Å². The average Bonchev–Trinajstić information content (AvgIpc) is 2.26. The van der Waals surface area contributed by atoms with Gasteiger partial charge in [0.1, 0.15) is 11.0 Å². The Bertz CT molecular complexity index is 502. The highest BCUT2D eigenvalue weighted by molar-refractivity contribution is 7.73. The third-order valence-electron chi connectivity index (χ3n) is 2.49. The molecule has 1 rings (SSSR count). The Kier molecular flexibility index (Phi) is 4.65. The molecule has 0 aromatic carbocycles. The summed E-state index contributed by atoms with van der Waals surface area (Å²) in [6.07, 6.45) is 3.47. The molecule has 0 saturated carbocycles. The number of aliphatic hydroxyl groups is 1. The van der Waals surface area contributed by atoms with Gasteiger partial charge in [0.05, 0.1) is 5.57 Å². The molecule has 0 aromatic rings. The maximum Gasteiger partial charge on any atom is 0.334 e. The fraction of sp³-hybridized carbons (Fsp3) is 0.455. The number of rotatable bonds is 4. The zero-order valence-electron chi connectivity index (χ0n) is 9.38. The van der Waals surface area contributed by atoms with Gasteiger partial charge in [-0.1, -0.05) is 13.3 Å². The number of carboxylic acid groups (broad SMARTS) is 1. The molecule has 0 heterocycles. The first kappa shape index (κ1) is 13.7. The van der Waals surface area contributed by atoms with Crippen LogP contribution < -0.4 is 0 Å². The lowest BCUT2D eigenvalue weighted by atomic mass is 9.94.